The average molecular weight is 219 g/mol. The summed E-state index contributed by atoms with van der Waals surface area (Å²) in [4.78, 5) is 0. The van der Waals surface area contributed by atoms with E-state index in [1.807, 2.05) is 7.05 Å². The second-order valence-corrected chi connectivity index (χ2v) is 5.95. The van der Waals surface area contributed by atoms with Crippen LogP contribution in [0.15, 0.2) is 0 Å². The van der Waals surface area contributed by atoms with Crippen molar-refractivity contribution in [3.63, 3.8) is 0 Å². The Morgan fingerprint density at radius 3 is 2.14 bits per heavy atom. The molecule has 0 amide bonds. The lowest BCUT2D eigenvalue weighted by atomic mass is 10.0. The fourth-order valence-electron chi connectivity index (χ4n) is 1.34. The van der Waals surface area contributed by atoms with Crippen molar-refractivity contribution in [2.45, 2.75) is 51.8 Å². The Bertz CT molecular complexity index is 173. The molecule has 3 heteroatoms. The third-order valence-electron chi connectivity index (χ3n) is 3.07. The van der Waals surface area contributed by atoms with Crippen LogP contribution in [0.3, 0.4) is 0 Å². The van der Waals surface area contributed by atoms with Crippen LogP contribution in [0.1, 0.15) is 40.5 Å². The Kier molecular flexibility index (Phi) is 7.47. The highest BCUT2D eigenvalue weighted by Crippen LogP contribution is 2.11. The Hall–Kier alpha value is 0.110. The van der Waals surface area contributed by atoms with Gasteiger partial charge in [0.1, 0.15) is 0 Å². The lowest BCUT2D eigenvalue weighted by molar-refractivity contribution is 0.417. The second-order valence-electron chi connectivity index (χ2n) is 4.05. The molecule has 1 N–H and O–H groups in total. The van der Waals surface area contributed by atoms with E-state index in [2.05, 4.69) is 33.0 Å². The summed E-state index contributed by atoms with van der Waals surface area (Å²) in [6.07, 6.45) is 2.15. The maximum Gasteiger partial charge on any atom is 0.0394 e. The molecule has 14 heavy (non-hydrogen) atoms. The van der Waals surface area contributed by atoms with Crippen LogP contribution in [0.2, 0.25) is 0 Å². The normalized spacial score (nSPS) is 20.1. The van der Waals surface area contributed by atoms with E-state index in [9.17, 15) is 4.21 Å². The van der Waals surface area contributed by atoms with Gasteiger partial charge in [-0.25, -0.2) is 0 Å². The Labute approximate surface area is 91.3 Å². The van der Waals surface area contributed by atoms with Crippen molar-refractivity contribution in [2.75, 3.05) is 12.8 Å². The van der Waals surface area contributed by atoms with E-state index in [4.69, 9.17) is 0 Å². The molecule has 0 saturated carbocycles. The van der Waals surface area contributed by atoms with Gasteiger partial charge in [0.2, 0.25) is 0 Å². The fraction of sp³-hybridized carbons (Fsp3) is 1.00. The monoisotopic (exact) mass is 219 g/mol. The van der Waals surface area contributed by atoms with Crippen LogP contribution in [0.4, 0.5) is 0 Å². The van der Waals surface area contributed by atoms with Crippen LogP contribution in [0.5, 0.6) is 0 Å². The lowest BCUT2D eigenvalue weighted by Gasteiger charge is -2.23. The predicted molar refractivity (Wildman–Crippen MR) is 65.1 cm³/mol. The largest absolute Gasteiger partial charge is 0.316 e. The van der Waals surface area contributed by atoms with Crippen LogP contribution in [0, 0.1) is 5.92 Å². The standard InChI is InChI=1S/C11H25NOS/c1-6-9(3)11(12-5)8-14(13)10(4)7-2/h9-12H,6-8H2,1-5H3. The average Bonchev–Trinajstić information content (AvgIpc) is 2.22. The van der Waals surface area contributed by atoms with Gasteiger partial charge in [0, 0.05) is 27.8 Å². The summed E-state index contributed by atoms with van der Waals surface area (Å²) >= 11 is 0. The number of nitrogens with one attached hydrogen (secondary N) is 1. The van der Waals surface area contributed by atoms with E-state index >= 15 is 0 Å². The molecule has 0 saturated heterocycles. The Morgan fingerprint density at radius 1 is 1.21 bits per heavy atom. The van der Waals surface area contributed by atoms with Crippen LogP contribution in [-0.2, 0) is 10.8 Å². The topological polar surface area (TPSA) is 29.1 Å². The van der Waals surface area contributed by atoms with Crippen molar-refractivity contribution in [1.82, 2.24) is 5.32 Å². The van der Waals surface area contributed by atoms with E-state index in [0.29, 0.717) is 17.2 Å². The molecule has 0 radical (unpaired) electrons. The van der Waals surface area contributed by atoms with Gasteiger partial charge in [0.25, 0.3) is 0 Å². The van der Waals surface area contributed by atoms with Crippen molar-refractivity contribution in [3.05, 3.63) is 0 Å². The zero-order chi connectivity index (χ0) is 11.1. The zero-order valence-electron chi connectivity index (χ0n) is 10.2. The molecule has 0 spiro atoms. The molecular weight excluding hydrogens is 194 g/mol. The zero-order valence-corrected chi connectivity index (χ0v) is 11.0. The number of hydrogen-bond donors (Lipinski definition) is 1. The highest BCUT2D eigenvalue weighted by molar-refractivity contribution is 7.85. The van der Waals surface area contributed by atoms with Crippen molar-refractivity contribution in [3.8, 4) is 0 Å². The van der Waals surface area contributed by atoms with Gasteiger partial charge >= 0.3 is 0 Å². The van der Waals surface area contributed by atoms with Gasteiger partial charge in [0.15, 0.2) is 0 Å². The molecule has 0 bridgehead atoms. The third kappa shape index (κ3) is 4.56. The third-order valence-corrected chi connectivity index (χ3v) is 4.99. The van der Waals surface area contributed by atoms with Gasteiger partial charge in [0.05, 0.1) is 0 Å². The van der Waals surface area contributed by atoms with Gasteiger partial charge in [-0.1, -0.05) is 34.1 Å². The molecule has 4 unspecified atom stereocenters. The smallest absolute Gasteiger partial charge is 0.0394 e. The van der Waals surface area contributed by atoms with E-state index in [-0.39, 0.29) is 0 Å². The molecule has 0 fully saturated rings. The minimum absolute atomic E-state index is 0.329. The number of rotatable bonds is 7. The number of hydrogen-bond acceptors (Lipinski definition) is 2. The van der Waals surface area contributed by atoms with Gasteiger partial charge in [-0.2, -0.15) is 0 Å². The molecular formula is C11H25NOS. The SMILES string of the molecule is CCC(C)C(CS(=O)C(C)CC)NC. The van der Waals surface area contributed by atoms with E-state index in [0.717, 1.165) is 18.6 Å². The van der Waals surface area contributed by atoms with Crippen molar-refractivity contribution < 1.29 is 4.21 Å². The first-order chi connectivity index (χ1) is 6.56. The molecule has 0 aliphatic carbocycles. The first-order valence-electron chi connectivity index (χ1n) is 5.61. The van der Waals surface area contributed by atoms with Gasteiger partial charge in [-0.15, -0.1) is 0 Å². The van der Waals surface area contributed by atoms with Crippen LogP contribution >= 0.6 is 0 Å². The molecule has 2 nitrogen and oxygen atoms in total. The summed E-state index contributed by atoms with van der Waals surface area (Å²) in [7, 11) is 1.28. The van der Waals surface area contributed by atoms with Crippen molar-refractivity contribution >= 4 is 10.8 Å². The molecule has 86 valence electrons. The van der Waals surface area contributed by atoms with Crippen LogP contribution < -0.4 is 5.32 Å². The molecule has 0 aromatic carbocycles. The highest BCUT2D eigenvalue weighted by Gasteiger charge is 2.19. The summed E-state index contributed by atoms with van der Waals surface area (Å²) in [6, 6.07) is 0.398. The molecule has 0 heterocycles. The Morgan fingerprint density at radius 2 is 1.79 bits per heavy atom. The lowest BCUT2D eigenvalue weighted by Crippen LogP contribution is -2.38. The van der Waals surface area contributed by atoms with Gasteiger partial charge < -0.3 is 5.32 Å². The van der Waals surface area contributed by atoms with Gasteiger partial charge in [-0.3, -0.25) is 4.21 Å². The maximum absolute atomic E-state index is 11.8. The van der Waals surface area contributed by atoms with Crippen LogP contribution in [0.25, 0.3) is 0 Å². The van der Waals surface area contributed by atoms with E-state index in [1.165, 1.54) is 0 Å². The maximum atomic E-state index is 11.8. The quantitative estimate of drug-likeness (QED) is 0.711. The van der Waals surface area contributed by atoms with Gasteiger partial charge in [-0.05, 0) is 19.4 Å². The second kappa shape index (κ2) is 7.41. The molecule has 0 aromatic heterocycles. The summed E-state index contributed by atoms with van der Waals surface area (Å²) < 4.78 is 11.8. The Balaban J connectivity index is 4.11. The van der Waals surface area contributed by atoms with Crippen molar-refractivity contribution in [1.29, 1.82) is 0 Å². The molecule has 0 aromatic rings. The van der Waals surface area contributed by atoms with Crippen LogP contribution in [-0.4, -0.2) is 28.3 Å². The predicted octanol–water partition coefficient (Wildman–Crippen LogP) is 2.17. The summed E-state index contributed by atoms with van der Waals surface area (Å²) in [5, 5.41) is 3.60. The highest BCUT2D eigenvalue weighted by atomic mass is 32.2. The first kappa shape index (κ1) is 14.1. The summed E-state index contributed by atoms with van der Waals surface area (Å²) in [6.45, 7) is 8.57. The summed E-state index contributed by atoms with van der Waals surface area (Å²) in [5.74, 6) is 1.40. The van der Waals surface area contributed by atoms with Crippen molar-refractivity contribution in [2.24, 2.45) is 5.92 Å². The molecule has 4 atom stereocenters. The molecule has 0 aliphatic rings. The molecule has 0 rings (SSSR count). The first-order valence-corrected chi connectivity index (χ1v) is 6.99. The summed E-state index contributed by atoms with van der Waals surface area (Å²) in [5.41, 5.74) is 0. The van der Waals surface area contributed by atoms with E-state index in [1.54, 1.807) is 0 Å². The fourth-order valence-corrected chi connectivity index (χ4v) is 2.89. The minimum atomic E-state index is -0.679. The minimum Gasteiger partial charge on any atom is -0.316 e. The molecule has 0 aliphatic heterocycles. The van der Waals surface area contributed by atoms with E-state index < -0.39 is 10.8 Å².